The van der Waals surface area contributed by atoms with Gasteiger partial charge in [0.2, 0.25) is 0 Å². The molecule has 19 heavy (non-hydrogen) atoms. The highest BCUT2D eigenvalue weighted by molar-refractivity contribution is 5.74. The monoisotopic (exact) mass is 253 g/mol. The van der Waals surface area contributed by atoms with Crippen molar-refractivity contribution < 1.29 is 9.90 Å². The zero-order valence-electron chi connectivity index (χ0n) is 10.0. The van der Waals surface area contributed by atoms with Gasteiger partial charge in [-0.3, -0.25) is 9.20 Å². The van der Waals surface area contributed by atoms with E-state index in [4.69, 9.17) is 0 Å². The number of nitrogens with zero attached hydrogens (tertiary/aromatic N) is 3. The first-order valence-corrected chi connectivity index (χ1v) is 5.84. The molecule has 0 saturated heterocycles. The van der Waals surface area contributed by atoms with Gasteiger partial charge in [0.15, 0.2) is 11.9 Å². The van der Waals surface area contributed by atoms with E-state index in [0.29, 0.717) is 23.6 Å². The van der Waals surface area contributed by atoms with Crippen molar-refractivity contribution in [2.24, 2.45) is 0 Å². The second-order valence-corrected chi connectivity index (χ2v) is 4.18. The number of phenols is 1. The first kappa shape index (κ1) is 11.4. The number of aromatic nitrogens is 3. The number of hydrogen-bond donors (Lipinski definition) is 1. The normalized spacial score (nSPS) is 10.7. The van der Waals surface area contributed by atoms with Gasteiger partial charge in [0.25, 0.3) is 0 Å². The largest absolute Gasteiger partial charge is 0.508 e. The van der Waals surface area contributed by atoms with Crippen molar-refractivity contribution >= 4 is 11.9 Å². The minimum atomic E-state index is 0.211. The summed E-state index contributed by atoms with van der Waals surface area (Å²) < 4.78 is 1.69. The van der Waals surface area contributed by atoms with Crippen LogP contribution in [0.5, 0.6) is 5.75 Å². The lowest BCUT2D eigenvalue weighted by Gasteiger charge is -2.04. The number of hydrogen-bond acceptors (Lipinski definition) is 4. The molecular formula is C14H11N3O2. The molecule has 0 atom stereocenters. The van der Waals surface area contributed by atoms with E-state index in [-0.39, 0.29) is 5.75 Å². The molecule has 94 valence electrons. The number of para-hydroxylation sites is 1. The van der Waals surface area contributed by atoms with Gasteiger partial charge >= 0.3 is 0 Å². The predicted molar refractivity (Wildman–Crippen MR) is 69.3 cm³/mol. The maximum absolute atomic E-state index is 11.1. The fourth-order valence-electron chi connectivity index (χ4n) is 2.06. The molecule has 1 N–H and O–H groups in total. The number of benzene rings is 1. The van der Waals surface area contributed by atoms with E-state index < -0.39 is 0 Å². The minimum Gasteiger partial charge on any atom is -0.508 e. The van der Waals surface area contributed by atoms with E-state index in [1.807, 2.05) is 12.1 Å². The summed E-state index contributed by atoms with van der Waals surface area (Å²) in [6.07, 6.45) is 1.18. The molecule has 2 heterocycles. The Labute approximate surface area is 109 Å². The van der Waals surface area contributed by atoms with Crippen molar-refractivity contribution in [3.8, 4) is 5.75 Å². The summed E-state index contributed by atoms with van der Waals surface area (Å²) in [6, 6.07) is 12.3. The van der Waals surface area contributed by atoms with Crippen LogP contribution in [0.2, 0.25) is 0 Å². The fourth-order valence-corrected chi connectivity index (χ4v) is 2.06. The molecule has 0 unspecified atom stereocenters. The summed E-state index contributed by atoms with van der Waals surface area (Å²) in [6.45, 7) is 0. The Morgan fingerprint density at radius 2 is 1.95 bits per heavy atom. The van der Waals surface area contributed by atoms with Gasteiger partial charge in [-0.1, -0.05) is 24.3 Å². The third kappa shape index (κ3) is 1.95. The number of phenolic OH excluding ortho intramolecular Hbond substituents is 1. The first-order chi connectivity index (χ1) is 9.29. The molecule has 0 saturated carbocycles. The maximum Gasteiger partial charge on any atom is 0.166 e. The van der Waals surface area contributed by atoms with Gasteiger partial charge in [-0.25, -0.2) is 0 Å². The quantitative estimate of drug-likeness (QED) is 0.723. The van der Waals surface area contributed by atoms with Crippen LogP contribution in [0.25, 0.3) is 5.65 Å². The fraction of sp³-hybridized carbons (Fsp3) is 0.0714. The smallest absolute Gasteiger partial charge is 0.166 e. The van der Waals surface area contributed by atoms with Crippen molar-refractivity contribution in [2.45, 2.75) is 6.42 Å². The summed E-state index contributed by atoms with van der Waals surface area (Å²) in [5, 5.41) is 17.9. The van der Waals surface area contributed by atoms with E-state index >= 15 is 0 Å². The Morgan fingerprint density at radius 3 is 2.74 bits per heavy atom. The molecule has 3 rings (SSSR count). The van der Waals surface area contributed by atoms with Crippen LogP contribution in [0.3, 0.4) is 0 Å². The van der Waals surface area contributed by atoms with E-state index in [9.17, 15) is 9.90 Å². The zero-order chi connectivity index (χ0) is 13.2. The van der Waals surface area contributed by atoms with Crippen LogP contribution in [0.4, 0.5) is 0 Å². The van der Waals surface area contributed by atoms with Crippen molar-refractivity contribution in [1.82, 2.24) is 14.6 Å². The van der Waals surface area contributed by atoms with Crippen molar-refractivity contribution in [1.29, 1.82) is 0 Å². The lowest BCUT2D eigenvalue weighted by atomic mass is 10.1. The van der Waals surface area contributed by atoms with E-state index in [1.54, 1.807) is 34.7 Å². The second-order valence-electron chi connectivity index (χ2n) is 4.18. The first-order valence-electron chi connectivity index (χ1n) is 5.84. The van der Waals surface area contributed by atoms with Gasteiger partial charge in [0.05, 0.1) is 5.69 Å². The molecular weight excluding hydrogens is 242 g/mol. The predicted octanol–water partition coefficient (Wildman–Crippen LogP) is 1.84. The number of rotatable bonds is 3. The standard InChI is InChI=1S/C14H11N3O2/c18-9-11-5-3-7-13-15-16-14(17(11)13)8-10-4-1-2-6-12(10)19/h1-7,9,19H,8H2. The number of carbonyl (C=O) groups is 1. The molecule has 0 radical (unpaired) electrons. The van der Waals surface area contributed by atoms with Crippen molar-refractivity contribution in [3.63, 3.8) is 0 Å². The molecule has 5 heteroatoms. The van der Waals surface area contributed by atoms with Crippen molar-refractivity contribution in [3.05, 3.63) is 59.5 Å². The molecule has 5 nitrogen and oxygen atoms in total. The average Bonchev–Trinajstić information content (AvgIpc) is 2.85. The Kier molecular flexibility index (Phi) is 2.72. The summed E-state index contributed by atoms with van der Waals surface area (Å²) in [5.74, 6) is 0.835. The van der Waals surface area contributed by atoms with Gasteiger partial charge < -0.3 is 5.11 Å². The highest BCUT2D eigenvalue weighted by atomic mass is 16.3. The number of aromatic hydroxyl groups is 1. The maximum atomic E-state index is 11.1. The third-order valence-corrected chi connectivity index (χ3v) is 2.99. The van der Waals surface area contributed by atoms with Gasteiger partial charge in [-0.05, 0) is 18.2 Å². The van der Waals surface area contributed by atoms with E-state index in [2.05, 4.69) is 10.2 Å². The number of fused-ring (bicyclic) bond motifs is 1. The minimum absolute atomic E-state index is 0.211. The molecule has 0 aliphatic heterocycles. The zero-order valence-corrected chi connectivity index (χ0v) is 10.0. The topological polar surface area (TPSA) is 67.5 Å². The molecule has 0 fully saturated rings. The summed E-state index contributed by atoms with van der Waals surface area (Å²) in [4.78, 5) is 11.1. The molecule has 1 aromatic carbocycles. The van der Waals surface area contributed by atoms with Crippen LogP contribution in [0, 0.1) is 0 Å². The SMILES string of the molecule is O=Cc1cccc2nnc(Cc3ccccc3O)n12. The van der Waals surface area contributed by atoms with Crippen LogP contribution in [-0.2, 0) is 6.42 Å². The molecule has 0 bridgehead atoms. The summed E-state index contributed by atoms with van der Waals surface area (Å²) >= 11 is 0. The molecule has 0 aliphatic rings. The molecule has 0 aliphatic carbocycles. The highest BCUT2D eigenvalue weighted by Gasteiger charge is 2.11. The van der Waals surface area contributed by atoms with Gasteiger partial charge in [0, 0.05) is 12.0 Å². The summed E-state index contributed by atoms with van der Waals surface area (Å²) in [5.41, 5.74) is 1.86. The number of pyridine rings is 1. The van der Waals surface area contributed by atoms with Gasteiger partial charge in [-0.2, -0.15) is 0 Å². The second kappa shape index (κ2) is 4.53. The Balaban J connectivity index is 2.11. The van der Waals surface area contributed by atoms with Crippen LogP contribution in [0.1, 0.15) is 21.9 Å². The molecule has 0 spiro atoms. The van der Waals surface area contributed by atoms with Crippen molar-refractivity contribution in [2.75, 3.05) is 0 Å². The Morgan fingerprint density at radius 1 is 1.11 bits per heavy atom. The number of carbonyl (C=O) groups excluding carboxylic acids is 1. The number of aldehydes is 1. The van der Waals surface area contributed by atoms with Crippen LogP contribution >= 0.6 is 0 Å². The van der Waals surface area contributed by atoms with E-state index in [1.165, 1.54) is 0 Å². The van der Waals surface area contributed by atoms with Crippen LogP contribution in [-0.4, -0.2) is 26.0 Å². The van der Waals surface area contributed by atoms with Gasteiger partial charge in [-0.15, -0.1) is 10.2 Å². The highest BCUT2D eigenvalue weighted by Crippen LogP contribution is 2.19. The molecule has 2 aromatic heterocycles. The van der Waals surface area contributed by atoms with Crippen LogP contribution in [0.15, 0.2) is 42.5 Å². The Bertz CT molecular complexity index is 749. The Hall–Kier alpha value is -2.69. The van der Waals surface area contributed by atoms with E-state index in [0.717, 1.165) is 11.8 Å². The molecule has 0 amide bonds. The lowest BCUT2D eigenvalue weighted by Crippen LogP contribution is -2.01. The summed E-state index contributed by atoms with van der Waals surface area (Å²) in [7, 11) is 0. The third-order valence-electron chi connectivity index (χ3n) is 2.99. The van der Waals surface area contributed by atoms with Crippen LogP contribution < -0.4 is 0 Å². The molecule has 3 aromatic rings. The average molecular weight is 253 g/mol. The van der Waals surface area contributed by atoms with Gasteiger partial charge in [0.1, 0.15) is 11.6 Å². The lowest BCUT2D eigenvalue weighted by molar-refractivity contribution is 0.111.